The van der Waals surface area contributed by atoms with Gasteiger partial charge in [0.25, 0.3) is 0 Å². The van der Waals surface area contributed by atoms with Crippen LogP contribution in [0.4, 0.5) is 0 Å². The van der Waals surface area contributed by atoms with Crippen molar-refractivity contribution < 1.29 is 13.1 Å². The van der Waals surface area contributed by atoms with Gasteiger partial charge in [0, 0.05) is 0 Å². The van der Waals surface area contributed by atoms with Crippen molar-refractivity contribution in [1.29, 1.82) is 0 Å². The van der Waals surface area contributed by atoms with Crippen LogP contribution in [-0.4, -0.2) is 11.3 Å². The Bertz CT molecular complexity index is 595. The van der Waals surface area contributed by atoms with Crippen LogP contribution in [0.5, 0.6) is 5.75 Å². The van der Waals surface area contributed by atoms with Crippen LogP contribution in [0.25, 0.3) is 0 Å². The lowest BCUT2D eigenvalue weighted by atomic mass is 10.0. The minimum atomic E-state index is -1.28. The fourth-order valence-electron chi connectivity index (χ4n) is 2.42. The molecule has 3 atom stereocenters. The first-order chi connectivity index (χ1) is 9.78. The summed E-state index contributed by atoms with van der Waals surface area (Å²) in [5, 5.41) is -0.0525. The lowest BCUT2D eigenvalue weighted by molar-refractivity contribution is 0.254. The van der Waals surface area contributed by atoms with Crippen LogP contribution in [0.15, 0.2) is 54.6 Å². The van der Waals surface area contributed by atoms with Crippen LogP contribution in [-0.2, 0) is 15.3 Å². The zero-order chi connectivity index (χ0) is 13.9. The van der Waals surface area contributed by atoms with E-state index in [-0.39, 0.29) is 11.4 Å². The van der Waals surface area contributed by atoms with Gasteiger partial charge in [0.05, 0.1) is 12.4 Å². The fourth-order valence-corrected chi connectivity index (χ4v) is 3.68. The van der Waals surface area contributed by atoms with Crippen LogP contribution < -0.4 is 4.74 Å². The summed E-state index contributed by atoms with van der Waals surface area (Å²) in [7, 11) is 1.64. The summed E-state index contributed by atoms with van der Waals surface area (Å²) in [5.41, 5.74) is 2.11. The molecular weight excluding hydrogens is 272 g/mol. The summed E-state index contributed by atoms with van der Waals surface area (Å²) in [5.74, 6) is 0.812. The summed E-state index contributed by atoms with van der Waals surface area (Å²) in [6.07, 6.45) is 0.620. The van der Waals surface area contributed by atoms with Crippen LogP contribution in [0.1, 0.15) is 28.9 Å². The van der Waals surface area contributed by atoms with Crippen LogP contribution in [0.3, 0.4) is 0 Å². The molecule has 0 bridgehead atoms. The van der Waals surface area contributed by atoms with Gasteiger partial charge in [-0.15, -0.1) is 0 Å². The quantitative estimate of drug-likeness (QED) is 0.866. The normalized spacial score (nSPS) is 25.6. The predicted octanol–water partition coefficient (Wildman–Crippen LogP) is 3.56. The van der Waals surface area contributed by atoms with Crippen molar-refractivity contribution >= 4 is 11.1 Å². The van der Waals surface area contributed by atoms with Gasteiger partial charge in [0.15, 0.2) is 11.1 Å². The van der Waals surface area contributed by atoms with Gasteiger partial charge in [0.2, 0.25) is 0 Å². The van der Waals surface area contributed by atoms with Gasteiger partial charge in [-0.05, 0) is 29.7 Å². The highest BCUT2D eigenvalue weighted by molar-refractivity contribution is 7.80. The van der Waals surface area contributed by atoms with Crippen LogP contribution in [0.2, 0.25) is 0 Å². The van der Waals surface area contributed by atoms with Crippen molar-refractivity contribution in [3.63, 3.8) is 0 Å². The van der Waals surface area contributed by atoms with Gasteiger partial charge >= 0.3 is 0 Å². The maximum absolute atomic E-state index is 12.1. The third kappa shape index (κ3) is 2.62. The second-order valence-corrected chi connectivity index (χ2v) is 6.04. The van der Waals surface area contributed by atoms with E-state index >= 15 is 0 Å². The van der Waals surface area contributed by atoms with E-state index in [0.29, 0.717) is 0 Å². The highest BCUT2D eigenvalue weighted by Crippen LogP contribution is 2.41. The highest BCUT2D eigenvalue weighted by Gasteiger charge is 2.34. The molecular formula is C16H16O3S. The van der Waals surface area contributed by atoms with Crippen molar-refractivity contribution in [3.8, 4) is 5.75 Å². The average molecular weight is 288 g/mol. The van der Waals surface area contributed by atoms with E-state index in [1.165, 1.54) is 0 Å². The van der Waals surface area contributed by atoms with Crippen molar-refractivity contribution in [1.82, 2.24) is 0 Å². The largest absolute Gasteiger partial charge is 0.497 e. The van der Waals surface area contributed by atoms with Gasteiger partial charge in [-0.25, -0.2) is 4.21 Å². The Morgan fingerprint density at radius 3 is 2.40 bits per heavy atom. The smallest absolute Gasteiger partial charge is 0.163 e. The summed E-state index contributed by atoms with van der Waals surface area (Å²) in [6.45, 7) is 0. The molecule has 3 nitrogen and oxygen atoms in total. The third-order valence-corrected chi connectivity index (χ3v) is 4.88. The Morgan fingerprint density at radius 1 is 1.05 bits per heavy atom. The van der Waals surface area contributed by atoms with Crippen molar-refractivity contribution in [2.75, 3.05) is 7.11 Å². The van der Waals surface area contributed by atoms with Crippen LogP contribution >= 0.6 is 0 Å². The molecule has 20 heavy (non-hydrogen) atoms. The molecule has 3 unspecified atom stereocenters. The van der Waals surface area contributed by atoms with E-state index in [4.69, 9.17) is 8.92 Å². The molecule has 2 aromatic carbocycles. The molecule has 0 saturated carbocycles. The molecule has 0 radical (unpaired) electrons. The van der Waals surface area contributed by atoms with E-state index in [1.807, 2.05) is 54.6 Å². The number of methoxy groups -OCH3 is 1. The Balaban J connectivity index is 1.79. The zero-order valence-electron chi connectivity index (χ0n) is 11.2. The molecule has 1 fully saturated rings. The van der Waals surface area contributed by atoms with Gasteiger partial charge in [-0.2, -0.15) is 0 Å². The van der Waals surface area contributed by atoms with Crippen molar-refractivity contribution in [2.45, 2.75) is 17.8 Å². The predicted molar refractivity (Wildman–Crippen MR) is 78.8 cm³/mol. The minimum absolute atomic E-state index is 0.0525. The number of hydrogen-bond donors (Lipinski definition) is 0. The van der Waals surface area contributed by atoms with E-state index < -0.39 is 11.1 Å². The van der Waals surface area contributed by atoms with Gasteiger partial charge in [-0.1, -0.05) is 42.5 Å². The average Bonchev–Trinajstić information content (AvgIpc) is 2.90. The van der Waals surface area contributed by atoms with E-state index in [9.17, 15) is 4.21 Å². The second kappa shape index (κ2) is 5.77. The molecule has 0 aliphatic carbocycles. The summed E-state index contributed by atoms with van der Waals surface area (Å²) in [6, 6.07) is 17.6. The fraction of sp³-hybridized carbons (Fsp3) is 0.250. The van der Waals surface area contributed by atoms with E-state index in [0.717, 1.165) is 23.3 Å². The molecule has 0 aromatic heterocycles. The summed E-state index contributed by atoms with van der Waals surface area (Å²) in [4.78, 5) is 0. The first kappa shape index (κ1) is 13.3. The number of rotatable bonds is 3. The Kier molecular flexibility index (Phi) is 3.85. The molecule has 2 aromatic rings. The summed E-state index contributed by atoms with van der Waals surface area (Å²) < 4.78 is 22.9. The Morgan fingerprint density at radius 2 is 1.75 bits per heavy atom. The maximum atomic E-state index is 12.1. The molecule has 0 amide bonds. The molecule has 1 saturated heterocycles. The molecule has 0 N–H and O–H groups in total. The summed E-state index contributed by atoms with van der Waals surface area (Å²) >= 11 is -1.28. The van der Waals surface area contributed by atoms with E-state index in [2.05, 4.69) is 0 Å². The Labute approximate surface area is 121 Å². The zero-order valence-corrected chi connectivity index (χ0v) is 12.0. The third-order valence-electron chi connectivity index (χ3n) is 3.53. The second-order valence-electron chi connectivity index (χ2n) is 4.75. The first-order valence-corrected chi connectivity index (χ1v) is 7.68. The molecule has 1 aliphatic heterocycles. The molecule has 3 rings (SSSR count). The van der Waals surface area contributed by atoms with E-state index in [1.54, 1.807) is 7.11 Å². The molecule has 4 heteroatoms. The monoisotopic (exact) mass is 288 g/mol. The highest BCUT2D eigenvalue weighted by atomic mass is 32.2. The first-order valence-electron chi connectivity index (χ1n) is 6.54. The molecule has 0 spiro atoms. The van der Waals surface area contributed by atoms with Gasteiger partial charge < -0.3 is 4.74 Å². The standard InChI is InChI=1S/C16H16O3S/c1-18-14-9-7-12(8-10-14)15-11-16(20(17)19-15)13-5-3-2-4-6-13/h2-10,15-16H,11H2,1H3. The van der Waals surface area contributed by atoms with Crippen LogP contribution in [0, 0.1) is 0 Å². The topological polar surface area (TPSA) is 35.5 Å². The van der Waals surface area contributed by atoms with Gasteiger partial charge in [0.1, 0.15) is 11.9 Å². The number of ether oxygens (including phenoxy) is 1. The Hall–Kier alpha value is -1.65. The molecule has 1 aliphatic rings. The van der Waals surface area contributed by atoms with Crippen molar-refractivity contribution in [2.24, 2.45) is 0 Å². The molecule has 1 heterocycles. The number of benzene rings is 2. The lowest BCUT2D eigenvalue weighted by Gasteiger charge is -2.09. The molecule has 104 valence electrons. The van der Waals surface area contributed by atoms with Gasteiger partial charge in [-0.3, -0.25) is 4.18 Å². The maximum Gasteiger partial charge on any atom is 0.163 e. The SMILES string of the molecule is COc1ccc(C2CC(c3ccccc3)S(=O)O2)cc1. The number of hydrogen-bond acceptors (Lipinski definition) is 3. The van der Waals surface area contributed by atoms with Crippen molar-refractivity contribution in [3.05, 3.63) is 65.7 Å². The minimum Gasteiger partial charge on any atom is -0.497 e. The lowest BCUT2D eigenvalue weighted by Crippen LogP contribution is -1.98.